The first-order chi connectivity index (χ1) is 7.09. The second kappa shape index (κ2) is 3.70. The van der Waals surface area contributed by atoms with Crippen LogP contribution in [0.5, 0.6) is 0 Å². The van der Waals surface area contributed by atoms with Gasteiger partial charge in [-0.1, -0.05) is 12.1 Å². The van der Waals surface area contributed by atoms with Gasteiger partial charge in [0.15, 0.2) is 0 Å². The highest BCUT2D eigenvalue weighted by Gasteiger charge is 2.08. The van der Waals surface area contributed by atoms with Crippen LogP contribution in [0.3, 0.4) is 0 Å². The van der Waals surface area contributed by atoms with Crippen molar-refractivity contribution in [1.82, 2.24) is 9.47 Å². The van der Waals surface area contributed by atoms with E-state index in [4.69, 9.17) is 0 Å². The van der Waals surface area contributed by atoms with Crippen LogP contribution in [-0.2, 0) is 13.6 Å². The van der Waals surface area contributed by atoms with Gasteiger partial charge >= 0.3 is 0 Å². The summed E-state index contributed by atoms with van der Waals surface area (Å²) in [6.07, 6.45) is 2.23. The Morgan fingerprint density at radius 1 is 1.27 bits per heavy atom. The number of rotatable bonds is 2. The minimum atomic E-state index is 1.00. The second-order valence-corrected chi connectivity index (χ2v) is 4.47. The van der Waals surface area contributed by atoms with E-state index in [0.29, 0.717) is 0 Å². The largest absolute Gasteiger partial charge is 0.350 e. The lowest BCUT2D eigenvalue weighted by atomic mass is 10.1. The lowest BCUT2D eigenvalue weighted by molar-refractivity contribution is 0.403. The summed E-state index contributed by atoms with van der Waals surface area (Å²) in [5, 5.41) is 1.41. The Morgan fingerprint density at radius 2 is 2.00 bits per heavy atom. The summed E-state index contributed by atoms with van der Waals surface area (Å²) in [6, 6.07) is 6.49. The van der Waals surface area contributed by atoms with Gasteiger partial charge in [-0.3, -0.25) is 0 Å². The van der Waals surface area contributed by atoms with Crippen molar-refractivity contribution in [1.29, 1.82) is 0 Å². The Bertz CT molecular complexity index is 480. The predicted octanol–water partition coefficient (Wildman–Crippen LogP) is 2.55. The Labute approximate surface area is 91.1 Å². The van der Waals surface area contributed by atoms with E-state index in [1.807, 2.05) is 0 Å². The molecule has 2 heteroatoms. The summed E-state index contributed by atoms with van der Waals surface area (Å²) in [6.45, 7) is 3.18. The molecule has 2 aromatic rings. The van der Waals surface area contributed by atoms with E-state index in [1.54, 1.807) is 0 Å². The fourth-order valence-corrected chi connectivity index (χ4v) is 2.19. The smallest absolute Gasteiger partial charge is 0.0483 e. The molecule has 0 saturated heterocycles. The van der Waals surface area contributed by atoms with Crippen molar-refractivity contribution in [2.45, 2.75) is 13.5 Å². The fourth-order valence-electron chi connectivity index (χ4n) is 2.19. The van der Waals surface area contributed by atoms with E-state index in [1.165, 1.54) is 22.0 Å². The number of aryl methyl sites for hydroxylation is 2. The monoisotopic (exact) mass is 202 g/mol. The van der Waals surface area contributed by atoms with Gasteiger partial charge in [0, 0.05) is 30.7 Å². The molecule has 0 amide bonds. The Kier molecular flexibility index (Phi) is 2.53. The Morgan fingerprint density at radius 3 is 2.67 bits per heavy atom. The summed E-state index contributed by atoms with van der Waals surface area (Å²) in [7, 11) is 6.33. The number of benzene rings is 1. The minimum Gasteiger partial charge on any atom is -0.350 e. The van der Waals surface area contributed by atoms with E-state index in [2.05, 4.69) is 61.9 Å². The second-order valence-electron chi connectivity index (χ2n) is 4.47. The minimum absolute atomic E-state index is 1.00. The first-order valence-corrected chi connectivity index (χ1v) is 5.28. The number of hydrogen-bond acceptors (Lipinski definition) is 1. The normalized spacial score (nSPS) is 11.5. The van der Waals surface area contributed by atoms with Crippen molar-refractivity contribution in [3.8, 4) is 0 Å². The van der Waals surface area contributed by atoms with E-state index in [9.17, 15) is 0 Å². The molecule has 0 radical (unpaired) electrons. The van der Waals surface area contributed by atoms with Gasteiger partial charge in [0.05, 0.1) is 0 Å². The van der Waals surface area contributed by atoms with Gasteiger partial charge in [-0.25, -0.2) is 0 Å². The quantitative estimate of drug-likeness (QED) is 0.726. The molecule has 80 valence electrons. The maximum absolute atomic E-state index is 2.23. The van der Waals surface area contributed by atoms with Gasteiger partial charge in [-0.05, 0) is 38.2 Å². The predicted molar refractivity (Wildman–Crippen MR) is 65.0 cm³/mol. The molecular formula is C13H18N2. The molecular weight excluding hydrogens is 184 g/mol. The topological polar surface area (TPSA) is 8.17 Å². The zero-order valence-electron chi connectivity index (χ0n) is 9.91. The van der Waals surface area contributed by atoms with Gasteiger partial charge in [-0.2, -0.15) is 0 Å². The highest BCUT2D eigenvalue weighted by Crippen LogP contribution is 2.24. The molecule has 0 fully saturated rings. The summed E-state index contributed by atoms with van der Waals surface area (Å²) in [5.74, 6) is 0. The van der Waals surface area contributed by atoms with Crippen LogP contribution in [0, 0.1) is 6.92 Å². The van der Waals surface area contributed by atoms with E-state index < -0.39 is 0 Å². The van der Waals surface area contributed by atoms with Crippen molar-refractivity contribution in [3.63, 3.8) is 0 Å². The first-order valence-electron chi connectivity index (χ1n) is 5.28. The van der Waals surface area contributed by atoms with Gasteiger partial charge in [-0.15, -0.1) is 0 Å². The first kappa shape index (κ1) is 10.2. The maximum Gasteiger partial charge on any atom is 0.0483 e. The van der Waals surface area contributed by atoms with Crippen molar-refractivity contribution in [3.05, 3.63) is 35.5 Å². The van der Waals surface area contributed by atoms with Crippen LogP contribution in [0.25, 0.3) is 10.9 Å². The van der Waals surface area contributed by atoms with Crippen LogP contribution in [0.1, 0.15) is 11.1 Å². The molecule has 2 rings (SSSR count). The zero-order chi connectivity index (χ0) is 11.0. The van der Waals surface area contributed by atoms with Gasteiger partial charge in [0.1, 0.15) is 0 Å². The van der Waals surface area contributed by atoms with Gasteiger partial charge in [0.25, 0.3) is 0 Å². The molecule has 0 N–H and O–H groups in total. The molecule has 0 atom stereocenters. The molecule has 2 nitrogen and oxygen atoms in total. The summed E-state index contributed by atoms with van der Waals surface area (Å²) >= 11 is 0. The summed E-state index contributed by atoms with van der Waals surface area (Å²) < 4.78 is 2.21. The molecule has 15 heavy (non-hydrogen) atoms. The van der Waals surface area contributed by atoms with Crippen molar-refractivity contribution in [2.75, 3.05) is 14.1 Å². The molecule has 0 spiro atoms. The van der Waals surface area contributed by atoms with Crippen molar-refractivity contribution in [2.24, 2.45) is 7.05 Å². The standard InChI is InChI=1S/C13H18N2/c1-10-6-5-7-12-13(10)11(8-14(2)3)9-15(12)4/h5-7,9H,8H2,1-4H3. The van der Waals surface area contributed by atoms with E-state index in [0.717, 1.165) is 6.54 Å². The maximum atomic E-state index is 2.23. The van der Waals surface area contributed by atoms with Crippen molar-refractivity contribution < 1.29 is 0 Å². The van der Waals surface area contributed by atoms with Crippen LogP contribution in [0.4, 0.5) is 0 Å². The van der Waals surface area contributed by atoms with E-state index >= 15 is 0 Å². The molecule has 0 aliphatic carbocycles. The molecule has 0 aliphatic rings. The molecule has 0 bridgehead atoms. The molecule has 1 heterocycles. The number of hydrogen-bond donors (Lipinski definition) is 0. The van der Waals surface area contributed by atoms with Crippen molar-refractivity contribution >= 4 is 10.9 Å². The third-order valence-electron chi connectivity index (χ3n) is 2.79. The van der Waals surface area contributed by atoms with Crippen LogP contribution >= 0.6 is 0 Å². The third kappa shape index (κ3) is 1.77. The van der Waals surface area contributed by atoms with E-state index in [-0.39, 0.29) is 0 Å². The molecule has 0 saturated carbocycles. The van der Waals surface area contributed by atoms with Crippen LogP contribution in [0.2, 0.25) is 0 Å². The highest BCUT2D eigenvalue weighted by atomic mass is 15.1. The number of nitrogens with zero attached hydrogens (tertiary/aromatic N) is 2. The average molecular weight is 202 g/mol. The molecule has 0 unspecified atom stereocenters. The Hall–Kier alpha value is -1.28. The van der Waals surface area contributed by atoms with Gasteiger partial charge in [0.2, 0.25) is 0 Å². The average Bonchev–Trinajstić information content (AvgIpc) is 2.44. The fraction of sp³-hybridized carbons (Fsp3) is 0.385. The SMILES string of the molecule is Cc1cccc2c1c(CN(C)C)cn2C. The lowest BCUT2D eigenvalue weighted by Crippen LogP contribution is -2.10. The Balaban J connectivity index is 2.65. The van der Waals surface area contributed by atoms with Crippen LogP contribution < -0.4 is 0 Å². The van der Waals surface area contributed by atoms with Crippen LogP contribution in [0.15, 0.2) is 24.4 Å². The van der Waals surface area contributed by atoms with Gasteiger partial charge < -0.3 is 9.47 Å². The summed E-state index contributed by atoms with van der Waals surface area (Å²) in [5.41, 5.74) is 4.10. The zero-order valence-corrected chi connectivity index (χ0v) is 9.91. The van der Waals surface area contributed by atoms with Crippen LogP contribution in [-0.4, -0.2) is 23.6 Å². The lowest BCUT2D eigenvalue weighted by Gasteiger charge is -2.08. The molecule has 1 aromatic heterocycles. The highest BCUT2D eigenvalue weighted by molar-refractivity contribution is 5.87. The molecule has 0 aliphatic heterocycles. The third-order valence-corrected chi connectivity index (χ3v) is 2.79. The number of fused-ring (bicyclic) bond motifs is 1. The molecule has 1 aromatic carbocycles. The summed E-state index contributed by atoms with van der Waals surface area (Å²) in [4.78, 5) is 2.21. The number of aromatic nitrogens is 1.